The Morgan fingerprint density at radius 3 is 2.39 bits per heavy atom. The minimum absolute atomic E-state index is 0.326. The van der Waals surface area contributed by atoms with Gasteiger partial charge in [-0.25, -0.2) is 4.79 Å². The second-order valence-corrected chi connectivity index (χ2v) is 7.45. The number of esters is 1. The SMILES string of the molecule is CCCc1ccc2c(C)c(OC(=O)c3ccc4cc(C)ccc4c3)ccc2c1. The maximum absolute atomic E-state index is 12.7. The highest BCUT2D eigenvalue weighted by Gasteiger charge is 2.13. The van der Waals surface area contributed by atoms with Crippen molar-refractivity contribution in [3.05, 3.63) is 89.0 Å². The molecule has 0 aliphatic heterocycles. The van der Waals surface area contributed by atoms with Gasteiger partial charge in [-0.2, -0.15) is 0 Å². The molecule has 0 aromatic heterocycles. The van der Waals surface area contributed by atoms with Crippen LogP contribution in [0.5, 0.6) is 5.75 Å². The minimum Gasteiger partial charge on any atom is -0.423 e. The van der Waals surface area contributed by atoms with Gasteiger partial charge in [-0.05, 0) is 71.1 Å². The van der Waals surface area contributed by atoms with E-state index in [0.29, 0.717) is 11.3 Å². The molecule has 0 N–H and O–H groups in total. The molecule has 0 atom stereocenters. The molecule has 0 saturated heterocycles. The predicted octanol–water partition coefficient (Wildman–Crippen LogP) is 6.78. The molecule has 140 valence electrons. The van der Waals surface area contributed by atoms with Crippen molar-refractivity contribution in [3.63, 3.8) is 0 Å². The Bertz CT molecular complexity index is 1190. The lowest BCUT2D eigenvalue weighted by Gasteiger charge is -2.11. The Morgan fingerprint density at radius 1 is 0.821 bits per heavy atom. The molecule has 0 heterocycles. The molecule has 0 unspecified atom stereocenters. The van der Waals surface area contributed by atoms with Crippen LogP contribution in [-0.4, -0.2) is 5.97 Å². The summed E-state index contributed by atoms with van der Waals surface area (Å²) in [5, 5.41) is 4.48. The van der Waals surface area contributed by atoms with Crippen LogP contribution in [0.3, 0.4) is 0 Å². The molecular formula is C26H24O2. The molecule has 0 aliphatic carbocycles. The van der Waals surface area contributed by atoms with Crippen molar-refractivity contribution in [2.24, 2.45) is 0 Å². The highest BCUT2D eigenvalue weighted by atomic mass is 16.5. The van der Waals surface area contributed by atoms with E-state index in [2.05, 4.69) is 44.2 Å². The Morgan fingerprint density at radius 2 is 1.57 bits per heavy atom. The third kappa shape index (κ3) is 3.50. The molecule has 0 radical (unpaired) electrons. The van der Waals surface area contributed by atoms with E-state index >= 15 is 0 Å². The van der Waals surface area contributed by atoms with Crippen molar-refractivity contribution in [2.75, 3.05) is 0 Å². The summed E-state index contributed by atoms with van der Waals surface area (Å²) in [6.45, 7) is 6.26. The average Bonchev–Trinajstić information content (AvgIpc) is 2.70. The molecule has 0 bridgehead atoms. The van der Waals surface area contributed by atoms with Gasteiger partial charge in [-0.1, -0.05) is 67.4 Å². The van der Waals surface area contributed by atoms with Gasteiger partial charge in [-0.15, -0.1) is 0 Å². The lowest BCUT2D eigenvalue weighted by Crippen LogP contribution is -2.09. The Kier molecular flexibility index (Phi) is 4.87. The predicted molar refractivity (Wildman–Crippen MR) is 116 cm³/mol. The first-order chi connectivity index (χ1) is 13.5. The molecular weight excluding hydrogens is 344 g/mol. The molecule has 4 aromatic rings. The van der Waals surface area contributed by atoms with Crippen LogP contribution < -0.4 is 4.74 Å². The fourth-order valence-electron chi connectivity index (χ4n) is 3.72. The van der Waals surface area contributed by atoms with Gasteiger partial charge in [0.15, 0.2) is 0 Å². The number of aryl methyl sites for hydroxylation is 3. The molecule has 0 amide bonds. The van der Waals surface area contributed by atoms with Crippen molar-refractivity contribution in [3.8, 4) is 5.75 Å². The van der Waals surface area contributed by atoms with Crippen LogP contribution in [0.15, 0.2) is 66.7 Å². The summed E-state index contributed by atoms with van der Waals surface area (Å²) in [7, 11) is 0. The fraction of sp³-hybridized carbons (Fsp3) is 0.192. The Hall–Kier alpha value is -3.13. The summed E-state index contributed by atoms with van der Waals surface area (Å²) in [6.07, 6.45) is 2.21. The van der Waals surface area contributed by atoms with Gasteiger partial charge in [0.25, 0.3) is 0 Å². The number of benzene rings is 4. The van der Waals surface area contributed by atoms with Crippen molar-refractivity contribution in [1.82, 2.24) is 0 Å². The van der Waals surface area contributed by atoms with Gasteiger partial charge in [-0.3, -0.25) is 0 Å². The maximum Gasteiger partial charge on any atom is 0.343 e. The molecule has 4 aromatic carbocycles. The van der Waals surface area contributed by atoms with Crippen LogP contribution in [-0.2, 0) is 6.42 Å². The van der Waals surface area contributed by atoms with Crippen LogP contribution in [0.25, 0.3) is 21.5 Å². The molecule has 2 heteroatoms. The van der Waals surface area contributed by atoms with E-state index in [0.717, 1.165) is 34.6 Å². The van der Waals surface area contributed by atoms with Crippen molar-refractivity contribution in [2.45, 2.75) is 33.6 Å². The zero-order valence-corrected chi connectivity index (χ0v) is 16.6. The standard InChI is InChI=1S/C26H24O2/c1-4-5-19-7-12-24-18(3)25(13-11-22(24)15-19)28-26(27)23-10-9-20-14-17(2)6-8-21(20)16-23/h6-16H,4-5H2,1-3H3. The lowest BCUT2D eigenvalue weighted by molar-refractivity contribution is 0.0734. The van der Waals surface area contributed by atoms with E-state index in [1.54, 1.807) is 0 Å². The molecule has 2 nitrogen and oxygen atoms in total. The molecule has 0 aliphatic rings. The lowest BCUT2D eigenvalue weighted by atomic mass is 10.0. The first-order valence-corrected chi connectivity index (χ1v) is 9.80. The van der Waals surface area contributed by atoms with E-state index in [1.165, 1.54) is 16.5 Å². The molecule has 0 saturated carbocycles. The first kappa shape index (κ1) is 18.2. The third-order valence-electron chi connectivity index (χ3n) is 5.28. The highest BCUT2D eigenvalue weighted by molar-refractivity contribution is 5.97. The second-order valence-electron chi connectivity index (χ2n) is 7.45. The number of fused-ring (bicyclic) bond motifs is 2. The molecule has 0 spiro atoms. The van der Waals surface area contributed by atoms with E-state index in [-0.39, 0.29) is 5.97 Å². The normalized spacial score (nSPS) is 11.1. The van der Waals surface area contributed by atoms with Crippen LogP contribution in [0.2, 0.25) is 0 Å². The first-order valence-electron chi connectivity index (χ1n) is 9.80. The van der Waals surface area contributed by atoms with Gasteiger partial charge in [0.2, 0.25) is 0 Å². The van der Waals surface area contributed by atoms with Crippen LogP contribution in [0.4, 0.5) is 0 Å². The third-order valence-corrected chi connectivity index (χ3v) is 5.28. The Balaban J connectivity index is 1.63. The molecule has 28 heavy (non-hydrogen) atoms. The summed E-state index contributed by atoms with van der Waals surface area (Å²) >= 11 is 0. The number of rotatable bonds is 4. The number of hydrogen-bond acceptors (Lipinski definition) is 2. The zero-order chi connectivity index (χ0) is 19.7. The smallest absolute Gasteiger partial charge is 0.343 e. The van der Waals surface area contributed by atoms with E-state index in [1.807, 2.05) is 43.3 Å². The number of hydrogen-bond donors (Lipinski definition) is 0. The van der Waals surface area contributed by atoms with Gasteiger partial charge < -0.3 is 4.74 Å². The summed E-state index contributed by atoms with van der Waals surface area (Å²) in [6, 6.07) is 22.4. The minimum atomic E-state index is -0.326. The van der Waals surface area contributed by atoms with Crippen LogP contribution >= 0.6 is 0 Å². The second kappa shape index (κ2) is 7.47. The van der Waals surface area contributed by atoms with Gasteiger partial charge in [0.05, 0.1) is 5.56 Å². The molecule has 4 rings (SSSR count). The fourth-order valence-corrected chi connectivity index (χ4v) is 3.72. The van der Waals surface area contributed by atoms with E-state index in [4.69, 9.17) is 4.74 Å². The summed E-state index contributed by atoms with van der Waals surface area (Å²) in [5.41, 5.74) is 4.10. The Labute approximate surface area is 165 Å². The largest absolute Gasteiger partial charge is 0.423 e. The van der Waals surface area contributed by atoms with Crippen molar-refractivity contribution >= 4 is 27.5 Å². The molecule has 0 fully saturated rings. The number of carbonyl (C=O) groups excluding carboxylic acids is 1. The van der Waals surface area contributed by atoms with Gasteiger partial charge in [0.1, 0.15) is 5.75 Å². The van der Waals surface area contributed by atoms with Gasteiger partial charge in [0, 0.05) is 0 Å². The summed E-state index contributed by atoms with van der Waals surface area (Å²) < 4.78 is 5.75. The quantitative estimate of drug-likeness (QED) is 0.293. The monoisotopic (exact) mass is 368 g/mol. The summed E-state index contributed by atoms with van der Waals surface area (Å²) in [4.78, 5) is 12.7. The topological polar surface area (TPSA) is 26.3 Å². The zero-order valence-electron chi connectivity index (χ0n) is 16.6. The highest BCUT2D eigenvalue weighted by Crippen LogP contribution is 2.29. The van der Waals surface area contributed by atoms with Crippen molar-refractivity contribution < 1.29 is 9.53 Å². The number of carbonyl (C=O) groups is 1. The maximum atomic E-state index is 12.7. The average molecular weight is 368 g/mol. The van der Waals surface area contributed by atoms with Crippen molar-refractivity contribution in [1.29, 1.82) is 0 Å². The number of ether oxygens (including phenoxy) is 1. The van der Waals surface area contributed by atoms with Crippen LogP contribution in [0, 0.1) is 13.8 Å². The summed E-state index contributed by atoms with van der Waals surface area (Å²) in [5.74, 6) is 0.289. The van der Waals surface area contributed by atoms with E-state index < -0.39 is 0 Å². The van der Waals surface area contributed by atoms with Gasteiger partial charge >= 0.3 is 5.97 Å². The van der Waals surface area contributed by atoms with Crippen LogP contribution in [0.1, 0.15) is 40.4 Å². The van der Waals surface area contributed by atoms with E-state index in [9.17, 15) is 4.79 Å².